The molecule has 0 radical (unpaired) electrons. The molecule has 13 aromatic carbocycles. The van der Waals surface area contributed by atoms with Crippen molar-refractivity contribution in [3.63, 3.8) is 0 Å². The van der Waals surface area contributed by atoms with Gasteiger partial charge in [0.25, 0.3) is 0 Å². The normalized spacial score (nSPS) is 11.6. The molecule has 0 aliphatic heterocycles. The van der Waals surface area contributed by atoms with E-state index < -0.39 is 0 Å². The summed E-state index contributed by atoms with van der Waals surface area (Å²) in [6.07, 6.45) is 8.95. The largest absolute Gasteiger partial charge is 0.310 e. The SMILES string of the molecule is C(=C\c1ccc2c(-c3ccccc3)c(-c3ccccc3)c3ccc(/C=C/c4ccc(N(c5ccccc5)c5ccc6ccccc6c5)cc4)cc3c2c1)/c1ccc(N(c2ccccc2)c2ccc3ccccc3c2)cc1. The molecule has 0 atom stereocenters. The van der Waals surface area contributed by atoms with Gasteiger partial charge in [-0.05, 0) is 173 Å². The topological polar surface area (TPSA) is 6.48 Å². The highest BCUT2D eigenvalue weighted by molar-refractivity contribution is 6.22. The van der Waals surface area contributed by atoms with Crippen molar-refractivity contribution in [2.45, 2.75) is 0 Å². The summed E-state index contributed by atoms with van der Waals surface area (Å²) >= 11 is 0. The minimum atomic E-state index is 1.10. The van der Waals surface area contributed by atoms with Crippen molar-refractivity contribution in [2.24, 2.45) is 0 Å². The molecule has 0 aliphatic rings. The Hall–Kier alpha value is -10.0. The monoisotopic (exact) mass is 968 g/mol. The van der Waals surface area contributed by atoms with Gasteiger partial charge in [-0.15, -0.1) is 0 Å². The second kappa shape index (κ2) is 20.5. The lowest BCUT2D eigenvalue weighted by atomic mass is 9.84. The Bertz CT molecular complexity index is 3960. The van der Waals surface area contributed by atoms with Crippen molar-refractivity contribution in [1.29, 1.82) is 0 Å². The molecular weight excluding hydrogens is 917 g/mol. The molecule has 0 saturated carbocycles. The Morgan fingerprint density at radius 3 is 0.895 bits per heavy atom. The predicted octanol–water partition coefficient (Wildman–Crippen LogP) is 20.9. The van der Waals surface area contributed by atoms with E-state index in [1.54, 1.807) is 0 Å². The van der Waals surface area contributed by atoms with Crippen LogP contribution in [0.1, 0.15) is 22.3 Å². The van der Waals surface area contributed by atoms with Crippen molar-refractivity contribution in [2.75, 3.05) is 9.80 Å². The van der Waals surface area contributed by atoms with Crippen LogP contribution in [-0.4, -0.2) is 0 Å². The highest BCUT2D eigenvalue weighted by Gasteiger charge is 2.19. The minimum absolute atomic E-state index is 1.10. The van der Waals surface area contributed by atoms with Crippen molar-refractivity contribution in [3.8, 4) is 22.3 Å². The van der Waals surface area contributed by atoms with E-state index in [9.17, 15) is 0 Å². The lowest BCUT2D eigenvalue weighted by Crippen LogP contribution is -2.09. The van der Waals surface area contributed by atoms with Gasteiger partial charge < -0.3 is 9.80 Å². The molecular formula is C74H52N2. The number of fused-ring (bicyclic) bond motifs is 5. The Morgan fingerprint density at radius 2 is 0.500 bits per heavy atom. The number of benzene rings is 13. The van der Waals surface area contributed by atoms with Crippen LogP contribution in [0, 0.1) is 0 Å². The van der Waals surface area contributed by atoms with Crippen LogP contribution in [0.3, 0.4) is 0 Å². The number of para-hydroxylation sites is 2. The van der Waals surface area contributed by atoms with Gasteiger partial charge in [0.2, 0.25) is 0 Å². The third kappa shape index (κ3) is 9.21. The molecule has 0 N–H and O–H groups in total. The first-order chi connectivity index (χ1) is 37.7. The van der Waals surface area contributed by atoms with E-state index in [1.807, 2.05) is 0 Å². The Labute approximate surface area is 444 Å². The summed E-state index contributed by atoms with van der Waals surface area (Å²) in [4.78, 5) is 4.66. The maximum atomic E-state index is 2.38. The molecule has 0 bridgehead atoms. The smallest absolute Gasteiger partial charge is 0.0468 e. The van der Waals surface area contributed by atoms with Gasteiger partial charge in [0.1, 0.15) is 0 Å². The molecule has 0 saturated heterocycles. The average Bonchev–Trinajstić information content (AvgIpc) is 3.61. The van der Waals surface area contributed by atoms with Crippen molar-refractivity contribution >= 4 is 102 Å². The molecule has 358 valence electrons. The van der Waals surface area contributed by atoms with Gasteiger partial charge in [-0.3, -0.25) is 0 Å². The van der Waals surface area contributed by atoms with Crippen LogP contribution in [0.5, 0.6) is 0 Å². The molecule has 2 nitrogen and oxygen atoms in total. The summed E-state index contributed by atoms with van der Waals surface area (Å²) < 4.78 is 0. The zero-order valence-electron chi connectivity index (χ0n) is 41.9. The van der Waals surface area contributed by atoms with Crippen LogP contribution in [0.25, 0.3) is 89.6 Å². The molecule has 13 rings (SSSR count). The summed E-state index contributed by atoms with van der Waals surface area (Å²) in [5.74, 6) is 0. The van der Waals surface area contributed by atoms with Gasteiger partial charge in [0, 0.05) is 34.1 Å². The Balaban J connectivity index is 0.864. The first-order valence-corrected chi connectivity index (χ1v) is 26.1. The van der Waals surface area contributed by atoms with Gasteiger partial charge in [0.15, 0.2) is 0 Å². The maximum Gasteiger partial charge on any atom is 0.0468 e. The number of hydrogen-bond acceptors (Lipinski definition) is 2. The standard InChI is InChI=1S/C74H52N2/c1-5-19-59(20-6-1)73-69-47-37-55(31-29-53-33-41-65(42-34-53)75(63-25-9-3-10-26-63)67-45-39-57-17-13-15-23-61(57)51-67)49-71(69)72-50-56(38-48-70(72)74(73)60-21-7-2-8-22-60)32-30-54-35-43-66(44-36-54)76(64-27-11-4-12-28-64)68-46-40-58-18-14-16-24-62(58)52-68/h1-52H/b31-29+,32-30+. The van der Waals surface area contributed by atoms with Crippen LogP contribution < -0.4 is 9.80 Å². The van der Waals surface area contributed by atoms with Gasteiger partial charge in [0.05, 0.1) is 0 Å². The predicted molar refractivity (Wildman–Crippen MR) is 327 cm³/mol. The number of hydrogen-bond donors (Lipinski definition) is 0. The summed E-state index contributed by atoms with van der Waals surface area (Å²) in [5.41, 5.74) is 16.1. The van der Waals surface area contributed by atoms with Crippen molar-refractivity contribution in [3.05, 3.63) is 313 Å². The molecule has 76 heavy (non-hydrogen) atoms. The van der Waals surface area contributed by atoms with E-state index in [4.69, 9.17) is 0 Å². The maximum absolute atomic E-state index is 2.38. The highest BCUT2D eigenvalue weighted by Crippen LogP contribution is 2.46. The molecule has 0 aromatic heterocycles. The summed E-state index contributed by atoms with van der Waals surface area (Å²) in [6, 6.07) is 105. The molecule has 0 fully saturated rings. The molecule has 2 heteroatoms. The van der Waals surface area contributed by atoms with E-state index in [0.29, 0.717) is 0 Å². The van der Waals surface area contributed by atoms with E-state index in [-0.39, 0.29) is 0 Å². The van der Waals surface area contributed by atoms with Crippen molar-refractivity contribution in [1.82, 2.24) is 0 Å². The highest BCUT2D eigenvalue weighted by atomic mass is 15.1. The fourth-order valence-electron chi connectivity index (χ4n) is 10.8. The summed E-state index contributed by atoms with van der Waals surface area (Å²) in [7, 11) is 0. The quantitative estimate of drug-likeness (QED) is 0.0889. The molecule has 13 aromatic rings. The van der Waals surface area contributed by atoms with E-state index in [1.165, 1.54) is 65.3 Å². The fourth-order valence-corrected chi connectivity index (χ4v) is 10.8. The Morgan fingerprint density at radius 1 is 0.197 bits per heavy atom. The second-order valence-electron chi connectivity index (χ2n) is 19.3. The fraction of sp³-hybridized carbons (Fsp3) is 0. The first-order valence-electron chi connectivity index (χ1n) is 26.1. The Kier molecular flexibility index (Phi) is 12.3. The van der Waals surface area contributed by atoms with Gasteiger partial charge in [-0.1, -0.05) is 231 Å². The van der Waals surface area contributed by atoms with Crippen molar-refractivity contribution < 1.29 is 0 Å². The first kappa shape index (κ1) is 45.8. The molecule has 0 spiro atoms. The van der Waals surface area contributed by atoms with Crippen LogP contribution in [-0.2, 0) is 0 Å². The van der Waals surface area contributed by atoms with Crippen LogP contribution in [0.4, 0.5) is 34.1 Å². The van der Waals surface area contributed by atoms with Crippen LogP contribution >= 0.6 is 0 Å². The van der Waals surface area contributed by atoms with E-state index >= 15 is 0 Å². The third-order valence-electron chi connectivity index (χ3n) is 14.5. The number of nitrogens with zero attached hydrogens (tertiary/aromatic N) is 2. The zero-order chi connectivity index (χ0) is 50.6. The molecule has 0 amide bonds. The summed E-state index contributed by atoms with van der Waals surface area (Å²) in [5, 5.41) is 9.77. The minimum Gasteiger partial charge on any atom is -0.310 e. The third-order valence-corrected chi connectivity index (χ3v) is 14.5. The van der Waals surface area contributed by atoms with Gasteiger partial charge >= 0.3 is 0 Å². The number of anilines is 6. The lowest BCUT2D eigenvalue weighted by molar-refractivity contribution is 1.29. The molecule has 0 unspecified atom stereocenters. The summed E-state index contributed by atoms with van der Waals surface area (Å²) in [6.45, 7) is 0. The van der Waals surface area contributed by atoms with E-state index in [0.717, 1.165) is 56.4 Å². The number of rotatable bonds is 12. The van der Waals surface area contributed by atoms with E-state index in [2.05, 4.69) is 325 Å². The average molecular weight is 969 g/mol. The lowest BCUT2D eigenvalue weighted by Gasteiger charge is -2.26. The molecule has 0 aliphatic carbocycles. The zero-order valence-corrected chi connectivity index (χ0v) is 41.9. The van der Waals surface area contributed by atoms with Gasteiger partial charge in [-0.25, -0.2) is 0 Å². The van der Waals surface area contributed by atoms with Gasteiger partial charge in [-0.2, -0.15) is 0 Å². The van der Waals surface area contributed by atoms with Crippen LogP contribution in [0.15, 0.2) is 291 Å². The van der Waals surface area contributed by atoms with Crippen LogP contribution in [0.2, 0.25) is 0 Å². The molecule has 0 heterocycles. The second-order valence-corrected chi connectivity index (χ2v) is 19.3.